The van der Waals surface area contributed by atoms with E-state index in [4.69, 9.17) is 9.47 Å². The Balaban J connectivity index is 1.39. The molecule has 0 unspecified atom stereocenters. The molecule has 9 heteroatoms. The molecule has 40 heavy (non-hydrogen) atoms. The van der Waals surface area contributed by atoms with Gasteiger partial charge in [0, 0.05) is 29.6 Å². The Morgan fingerprint density at radius 3 is 2.35 bits per heavy atom. The molecule has 7 nitrogen and oxygen atoms in total. The summed E-state index contributed by atoms with van der Waals surface area (Å²) < 4.78 is 13.9. The van der Waals surface area contributed by atoms with Crippen molar-refractivity contribution in [2.45, 2.75) is 38.6 Å². The number of ether oxygens (including phenoxy) is 2. The summed E-state index contributed by atoms with van der Waals surface area (Å²) in [7, 11) is 3.12. The van der Waals surface area contributed by atoms with E-state index in [0.717, 1.165) is 42.1 Å². The lowest BCUT2D eigenvalue weighted by Crippen LogP contribution is -2.44. The molecule has 2 aliphatic rings. The number of methoxy groups -OCH3 is 2. The van der Waals surface area contributed by atoms with Crippen LogP contribution < -0.4 is 24.2 Å². The number of benzene rings is 2. The van der Waals surface area contributed by atoms with E-state index in [9.17, 15) is 14.4 Å². The van der Waals surface area contributed by atoms with Crippen molar-refractivity contribution in [2.75, 3.05) is 27.3 Å². The first kappa shape index (κ1) is 28.4. The fraction of sp³-hybridized carbons (Fsp3) is 0.387. The molecule has 2 heterocycles. The average Bonchev–Trinajstić information content (AvgIpc) is 3.78. The maximum atomic E-state index is 13.6. The Morgan fingerprint density at radius 1 is 1.02 bits per heavy atom. The van der Waals surface area contributed by atoms with Crippen LogP contribution in [-0.4, -0.2) is 48.5 Å². The quantitative estimate of drug-likeness (QED) is 0.362. The molecule has 1 aromatic heterocycles. The van der Waals surface area contributed by atoms with Crippen LogP contribution in [-0.2, 0) is 22.6 Å². The van der Waals surface area contributed by atoms with E-state index in [1.807, 2.05) is 11.0 Å². The highest BCUT2D eigenvalue weighted by molar-refractivity contribution is 9.10. The second kappa shape index (κ2) is 12.6. The maximum Gasteiger partial charge on any atom is 0.269 e. The van der Waals surface area contributed by atoms with Crippen molar-refractivity contribution in [1.29, 1.82) is 0 Å². The zero-order valence-corrected chi connectivity index (χ0v) is 25.1. The number of ketones is 1. The van der Waals surface area contributed by atoms with Gasteiger partial charge in [0.15, 0.2) is 17.3 Å². The molecule has 1 saturated heterocycles. The Bertz CT molecular complexity index is 1570. The normalized spacial score (nSPS) is 16.8. The van der Waals surface area contributed by atoms with Gasteiger partial charge in [0.2, 0.25) is 5.91 Å². The number of piperidine rings is 1. The number of nitrogens with zero attached hydrogens (tertiary/aromatic N) is 2. The zero-order chi connectivity index (χ0) is 28.2. The molecule has 1 amide bonds. The van der Waals surface area contributed by atoms with Crippen molar-refractivity contribution in [3.05, 3.63) is 77.6 Å². The Labute approximate surface area is 245 Å². The topological polar surface area (TPSA) is 77.8 Å². The summed E-state index contributed by atoms with van der Waals surface area (Å²) in [5, 5.41) is 0. The van der Waals surface area contributed by atoms with E-state index >= 15 is 0 Å². The van der Waals surface area contributed by atoms with Crippen LogP contribution in [0.1, 0.15) is 36.8 Å². The average molecular weight is 626 g/mol. The van der Waals surface area contributed by atoms with Crippen molar-refractivity contribution in [3.8, 4) is 11.5 Å². The molecule has 1 saturated carbocycles. The van der Waals surface area contributed by atoms with Gasteiger partial charge in [-0.15, -0.1) is 11.3 Å². The van der Waals surface area contributed by atoms with Gasteiger partial charge in [-0.25, -0.2) is 0 Å². The number of aromatic nitrogens is 1. The van der Waals surface area contributed by atoms with Gasteiger partial charge in [-0.05, 0) is 67.4 Å². The first-order valence-electron chi connectivity index (χ1n) is 13.6. The summed E-state index contributed by atoms with van der Waals surface area (Å²) in [5.41, 5.74) is 1.77. The SMILES string of the molecule is COc1cc(Br)c(/C=c2/s/c(=C\C(=O)C3CC3)n(CC(=O)N3CCC(Cc4ccccc4)CC3)c2=O)cc1OC. The number of thiazole rings is 1. The number of rotatable bonds is 9. The van der Waals surface area contributed by atoms with Gasteiger partial charge in [0.1, 0.15) is 11.2 Å². The predicted molar refractivity (Wildman–Crippen MR) is 160 cm³/mol. The highest BCUT2D eigenvalue weighted by Crippen LogP contribution is 2.33. The number of hydrogen-bond donors (Lipinski definition) is 0. The fourth-order valence-corrected chi connectivity index (χ4v) is 6.57. The first-order valence-corrected chi connectivity index (χ1v) is 15.2. The summed E-state index contributed by atoms with van der Waals surface area (Å²) >= 11 is 4.78. The van der Waals surface area contributed by atoms with Crippen LogP contribution in [0.4, 0.5) is 0 Å². The van der Waals surface area contributed by atoms with Gasteiger partial charge in [-0.3, -0.25) is 19.0 Å². The first-order chi connectivity index (χ1) is 19.4. The molecular weight excluding hydrogens is 592 g/mol. The molecule has 5 rings (SSSR count). The lowest BCUT2D eigenvalue weighted by Gasteiger charge is -2.32. The summed E-state index contributed by atoms with van der Waals surface area (Å²) in [6.45, 7) is 1.27. The van der Waals surface area contributed by atoms with Crippen LogP contribution in [0.2, 0.25) is 0 Å². The Kier molecular flexibility index (Phi) is 8.90. The van der Waals surface area contributed by atoms with Crippen LogP contribution in [0.15, 0.2) is 51.7 Å². The molecule has 0 spiro atoms. The summed E-state index contributed by atoms with van der Waals surface area (Å²) in [4.78, 5) is 41.5. The van der Waals surface area contributed by atoms with Crippen LogP contribution in [0.5, 0.6) is 11.5 Å². The summed E-state index contributed by atoms with van der Waals surface area (Å²) in [6.07, 6.45) is 7.94. The third kappa shape index (κ3) is 6.58. The van der Waals surface area contributed by atoms with Gasteiger partial charge in [0.05, 0.1) is 18.8 Å². The molecule has 0 radical (unpaired) electrons. The van der Waals surface area contributed by atoms with Crippen molar-refractivity contribution < 1.29 is 19.1 Å². The van der Waals surface area contributed by atoms with Crippen molar-refractivity contribution in [2.24, 2.45) is 11.8 Å². The summed E-state index contributed by atoms with van der Waals surface area (Å²) in [5.74, 6) is 1.59. The van der Waals surface area contributed by atoms with Crippen LogP contribution >= 0.6 is 27.3 Å². The van der Waals surface area contributed by atoms with E-state index in [1.54, 1.807) is 38.5 Å². The standard InChI is InChI=1S/C31H33BrN2O5S/c1-38-26-15-23(24(32)17-27(26)39-2)16-28-31(37)34(30(40-28)18-25(35)22-8-9-22)19-29(36)33-12-10-21(11-13-33)14-20-6-4-3-5-7-20/h3-7,15-18,21-22H,8-14,19H2,1-2H3/b28-16+,30-18-. The molecule has 0 N–H and O–H groups in total. The van der Waals surface area contributed by atoms with E-state index in [2.05, 4.69) is 40.2 Å². The third-order valence-corrected chi connectivity index (χ3v) is 9.35. The molecule has 210 valence electrons. The second-order valence-corrected chi connectivity index (χ2v) is 12.3. The molecule has 3 aromatic rings. The second-order valence-electron chi connectivity index (χ2n) is 10.4. The zero-order valence-electron chi connectivity index (χ0n) is 22.7. The highest BCUT2D eigenvalue weighted by Gasteiger charge is 2.28. The van der Waals surface area contributed by atoms with Gasteiger partial charge in [-0.1, -0.05) is 46.3 Å². The van der Waals surface area contributed by atoms with E-state index < -0.39 is 0 Å². The van der Waals surface area contributed by atoms with E-state index in [1.165, 1.54) is 21.5 Å². The van der Waals surface area contributed by atoms with Crippen molar-refractivity contribution in [1.82, 2.24) is 9.47 Å². The molecule has 1 aliphatic carbocycles. The molecule has 2 aromatic carbocycles. The van der Waals surface area contributed by atoms with Crippen molar-refractivity contribution in [3.63, 3.8) is 0 Å². The van der Waals surface area contributed by atoms with Crippen LogP contribution in [0, 0.1) is 11.8 Å². The van der Waals surface area contributed by atoms with Crippen LogP contribution in [0.25, 0.3) is 12.2 Å². The molecule has 0 atom stereocenters. The van der Waals surface area contributed by atoms with Gasteiger partial charge in [-0.2, -0.15) is 0 Å². The maximum absolute atomic E-state index is 13.6. The Morgan fingerprint density at radius 2 is 1.70 bits per heavy atom. The number of halogens is 1. The third-order valence-electron chi connectivity index (χ3n) is 7.60. The summed E-state index contributed by atoms with van der Waals surface area (Å²) in [6, 6.07) is 14.0. The van der Waals surface area contributed by atoms with E-state index in [0.29, 0.717) is 39.7 Å². The van der Waals surface area contributed by atoms with Crippen LogP contribution in [0.3, 0.4) is 0 Å². The lowest BCUT2D eigenvalue weighted by atomic mass is 9.90. The minimum Gasteiger partial charge on any atom is -0.493 e. The lowest BCUT2D eigenvalue weighted by molar-refractivity contribution is -0.133. The van der Waals surface area contributed by atoms with Gasteiger partial charge < -0.3 is 14.4 Å². The largest absolute Gasteiger partial charge is 0.493 e. The number of amides is 1. The molecule has 2 fully saturated rings. The minimum absolute atomic E-state index is 0.0167. The highest BCUT2D eigenvalue weighted by atomic mass is 79.9. The number of carbonyl (C=O) groups is 2. The number of hydrogen-bond acceptors (Lipinski definition) is 6. The monoisotopic (exact) mass is 624 g/mol. The fourth-order valence-electron chi connectivity index (χ4n) is 5.09. The minimum atomic E-state index is -0.283. The molecule has 0 bridgehead atoms. The number of carbonyl (C=O) groups excluding carboxylic acids is 2. The van der Waals surface area contributed by atoms with Gasteiger partial charge >= 0.3 is 0 Å². The Hall–Kier alpha value is -3.17. The van der Waals surface area contributed by atoms with Gasteiger partial charge in [0.25, 0.3) is 5.56 Å². The van der Waals surface area contributed by atoms with E-state index in [-0.39, 0.29) is 29.7 Å². The number of likely N-dealkylation sites (tertiary alicyclic amines) is 1. The smallest absolute Gasteiger partial charge is 0.269 e. The molecular formula is C31H33BrN2O5S. The number of Topliss-reactive ketones (excluding diaryl/α,β-unsaturated/α-hetero) is 1. The molecule has 1 aliphatic heterocycles. The van der Waals surface area contributed by atoms with Crippen molar-refractivity contribution >= 4 is 51.1 Å². The predicted octanol–water partition coefficient (Wildman–Crippen LogP) is 3.76.